The van der Waals surface area contributed by atoms with E-state index in [-0.39, 0.29) is 30.3 Å². The van der Waals surface area contributed by atoms with Crippen molar-refractivity contribution < 1.29 is 27.4 Å². The number of allylic oxidation sites excluding steroid dienone is 2. The van der Waals surface area contributed by atoms with Gasteiger partial charge in [0.25, 0.3) is 0 Å². The van der Waals surface area contributed by atoms with Crippen molar-refractivity contribution >= 4 is 11.4 Å². The normalized spacial score (nSPS) is 17.3. The van der Waals surface area contributed by atoms with E-state index >= 15 is 0 Å². The van der Waals surface area contributed by atoms with Gasteiger partial charge in [0.05, 0.1) is 24.6 Å². The third kappa shape index (κ3) is 4.00. The molecule has 0 saturated carbocycles. The third-order valence-corrected chi connectivity index (χ3v) is 5.59. The highest BCUT2D eigenvalue weighted by Crippen LogP contribution is 2.41. The van der Waals surface area contributed by atoms with Gasteiger partial charge in [-0.1, -0.05) is 30.3 Å². The fraction of sp³-hybridized carbons (Fsp3) is 0.250. The molecule has 0 bridgehead atoms. The predicted octanol–water partition coefficient (Wildman–Crippen LogP) is 5.52. The highest BCUT2D eigenvalue weighted by molar-refractivity contribution is 6.22. The minimum atomic E-state index is -4.46. The molecule has 1 atom stereocenters. The van der Waals surface area contributed by atoms with Gasteiger partial charge in [-0.3, -0.25) is 9.89 Å². The highest BCUT2D eigenvalue weighted by atomic mass is 19.4. The monoisotopic (exact) mass is 442 g/mol. The zero-order valence-corrected chi connectivity index (χ0v) is 17.5. The number of ketones is 1. The van der Waals surface area contributed by atoms with Crippen LogP contribution in [0.2, 0.25) is 0 Å². The summed E-state index contributed by atoms with van der Waals surface area (Å²) in [5.74, 6) is 0.490. The van der Waals surface area contributed by atoms with Gasteiger partial charge in [0.15, 0.2) is 17.3 Å². The molecule has 2 aromatic carbocycles. The number of H-pyrrole nitrogens is 1. The Balaban J connectivity index is 1.61. The van der Waals surface area contributed by atoms with Gasteiger partial charge in [-0.05, 0) is 30.7 Å². The van der Waals surface area contributed by atoms with Gasteiger partial charge >= 0.3 is 6.18 Å². The lowest BCUT2D eigenvalue weighted by atomic mass is 9.79. The second-order valence-corrected chi connectivity index (χ2v) is 7.44. The molecule has 1 aromatic heterocycles. The van der Waals surface area contributed by atoms with Gasteiger partial charge in [0.1, 0.15) is 6.61 Å². The van der Waals surface area contributed by atoms with Gasteiger partial charge in [-0.25, -0.2) is 0 Å². The summed E-state index contributed by atoms with van der Waals surface area (Å²) in [5.41, 5.74) is 2.36. The van der Waals surface area contributed by atoms with Crippen molar-refractivity contribution in [3.05, 3.63) is 82.7 Å². The Hall–Kier alpha value is -3.55. The van der Waals surface area contributed by atoms with Gasteiger partial charge in [0, 0.05) is 29.0 Å². The standard InChI is InChI=1S/C24H21F3N2O3/c1-3-16-20(30)11-17(18-12-28-29-23(16)18)14-8-9-21(22(10-14)31-2)32-13-15-6-4-5-7-19(15)24(25,26)27/h3-10,12,17H,11,13H2,1-2H3,(H,28,29). The number of halogens is 3. The van der Waals surface area contributed by atoms with Crippen molar-refractivity contribution in [1.29, 1.82) is 0 Å². The van der Waals surface area contributed by atoms with Crippen LogP contribution in [0.5, 0.6) is 11.5 Å². The molecule has 0 spiro atoms. The molecule has 0 amide bonds. The number of nitrogens with one attached hydrogen (secondary N) is 1. The van der Waals surface area contributed by atoms with Crippen LogP contribution in [-0.2, 0) is 17.6 Å². The third-order valence-electron chi connectivity index (χ3n) is 5.59. The number of ether oxygens (including phenoxy) is 2. The Morgan fingerprint density at radius 2 is 1.97 bits per heavy atom. The van der Waals surface area contributed by atoms with E-state index in [9.17, 15) is 18.0 Å². The number of alkyl halides is 3. The number of rotatable bonds is 5. The maximum absolute atomic E-state index is 13.2. The van der Waals surface area contributed by atoms with Crippen LogP contribution < -0.4 is 9.47 Å². The lowest BCUT2D eigenvalue weighted by molar-refractivity contribution is -0.138. The number of aromatic amines is 1. The molecule has 4 rings (SSSR count). The molecule has 1 aliphatic carbocycles. The number of methoxy groups -OCH3 is 1. The van der Waals surface area contributed by atoms with Crippen molar-refractivity contribution in [2.24, 2.45) is 0 Å². The SMILES string of the molecule is CC=C1C(=O)CC(c2ccc(OCc3ccccc3C(F)(F)F)c(OC)c2)c2cn[nH]c21. The molecular weight excluding hydrogens is 421 g/mol. The van der Waals surface area contributed by atoms with E-state index in [1.807, 2.05) is 6.92 Å². The molecule has 1 unspecified atom stereocenters. The minimum Gasteiger partial charge on any atom is -0.493 e. The fourth-order valence-corrected chi connectivity index (χ4v) is 4.02. The van der Waals surface area contributed by atoms with E-state index < -0.39 is 11.7 Å². The largest absolute Gasteiger partial charge is 0.493 e. The minimum absolute atomic E-state index is 0.0114. The first-order chi connectivity index (χ1) is 15.3. The van der Waals surface area contributed by atoms with Gasteiger partial charge in [-0.15, -0.1) is 0 Å². The van der Waals surface area contributed by atoms with E-state index in [1.54, 1.807) is 30.5 Å². The van der Waals surface area contributed by atoms with Crippen molar-refractivity contribution in [3.63, 3.8) is 0 Å². The molecule has 0 saturated heterocycles. The Morgan fingerprint density at radius 3 is 2.69 bits per heavy atom. The Labute approximate surface area is 182 Å². The number of aromatic nitrogens is 2. The molecule has 8 heteroatoms. The Bertz CT molecular complexity index is 1180. The summed E-state index contributed by atoms with van der Waals surface area (Å²) >= 11 is 0. The Morgan fingerprint density at radius 1 is 1.19 bits per heavy atom. The summed E-state index contributed by atoms with van der Waals surface area (Å²) in [6, 6.07) is 10.5. The maximum atomic E-state index is 13.2. The molecule has 32 heavy (non-hydrogen) atoms. The lowest BCUT2D eigenvalue weighted by Crippen LogP contribution is -2.18. The van der Waals surface area contributed by atoms with Crippen LogP contribution in [0.25, 0.3) is 5.57 Å². The summed E-state index contributed by atoms with van der Waals surface area (Å²) in [5, 5.41) is 7.00. The molecule has 1 N–H and O–H groups in total. The first-order valence-electron chi connectivity index (χ1n) is 10.0. The van der Waals surface area contributed by atoms with Crippen LogP contribution in [0, 0.1) is 0 Å². The molecule has 0 fully saturated rings. The van der Waals surface area contributed by atoms with Crippen molar-refractivity contribution in [2.45, 2.75) is 32.0 Å². The van der Waals surface area contributed by atoms with Crippen LogP contribution >= 0.6 is 0 Å². The van der Waals surface area contributed by atoms with Gasteiger partial charge in [-0.2, -0.15) is 18.3 Å². The van der Waals surface area contributed by atoms with Crippen LogP contribution in [0.4, 0.5) is 13.2 Å². The molecule has 3 aromatic rings. The van der Waals surface area contributed by atoms with Crippen LogP contribution in [0.3, 0.4) is 0 Å². The molecule has 166 valence electrons. The first-order valence-corrected chi connectivity index (χ1v) is 10.0. The molecule has 5 nitrogen and oxygen atoms in total. The second-order valence-electron chi connectivity index (χ2n) is 7.44. The fourth-order valence-electron chi connectivity index (χ4n) is 4.02. The van der Waals surface area contributed by atoms with Crippen LogP contribution in [0.1, 0.15) is 47.2 Å². The number of Topliss-reactive ketones (excluding diaryl/α,β-unsaturated/α-hetero) is 1. The van der Waals surface area contributed by atoms with Crippen LogP contribution in [-0.4, -0.2) is 23.1 Å². The predicted molar refractivity (Wildman–Crippen MR) is 112 cm³/mol. The molecule has 0 aliphatic heterocycles. The van der Waals surface area contributed by atoms with E-state index in [2.05, 4.69) is 10.2 Å². The quantitative estimate of drug-likeness (QED) is 0.528. The zero-order valence-electron chi connectivity index (χ0n) is 17.5. The number of fused-ring (bicyclic) bond motifs is 1. The van der Waals surface area contributed by atoms with Crippen molar-refractivity contribution in [3.8, 4) is 11.5 Å². The van der Waals surface area contributed by atoms with E-state index in [0.29, 0.717) is 22.8 Å². The number of hydrogen-bond donors (Lipinski definition) is 1. The molecule has 1 heterocycles. The maximum Gasteiger partial charge on any atom is 0.416 e. The van der Waals surface area contributed by atoms with E-state index in [0.717, 1.165) is 17.2 Å². The summed E-state index contributed by atoms with van der Waals surface area (Å²) in [6.07, 6.45) is -0.698. The average molecular weight is 442 g/mol. The highest BCUT2D eigenvalue weighted by Gasteiger charge is 2.34. The van der Waals surface area contributed by atoms with Crippen molar-refractivity contribution in [2.75, 3.05) is 7.11 Å². The smallest absolute Gasteiger partial charge is 0.416 e. The lowest BCUT2D eigenvalue weighted by Gasteiger charge is -2.24. The number of nitrogens with zero attached hydrogens (tertiary/aromatic N) is 1. The summed E-state index contributed by atoms with van der Waals surface area (Å²) in [4.78, 5) is 12.6. The molecule has 1 aliphatic rings. The van der Waals surface area contributed by atoms with Crippen LogP contribution in [0.15, 0.2) is 54.7 Å². The summed E-state index contributed by atoms with van der Waals surface area (Å²) in [6.45, 7) is 1.55. The van der Waals surface area contributed by atoms with E-state index in [4.69, 9.17) is 9.47 Å². The van der Waals surface area contributed by atoms with Crippen molar-refractivity contribution in [1.82, 2.24) is 10.2 Å². The summed E-state index contributed by atoms with van der Waals surface area (Å²) < 4.78 is 50.8. The molecular formula is C24H21F3N2O3. The van der Waals surface area contributed by atoms with E-state index in [1.165, 1.54) is 25.3 Å². The van der Waals surface area contributed by atoms with Gasteiger partial charge < -0.3 is 9.47 Å². The Kier molecular flexibility index (Phi) is 5.78. The number of hydrogen-bond acceptors (Lipinski definition) is 4. The summed E-state index contributed by atoms with van der Waals surface area (Å²) in [7, 11) is 1.46. The first kappa shape index (κ1) is 21.7. The second kappa shape index (κ2) is 8.53. The molecule has 0 radical (unpaired) electrons. The average Bonchev–Trinajstić information content (AvgIpc) is 3.26. The van der Waals surface area contributed by atoms with Gasteiger partial charge in [0.2, 0.25) is 0 Å². The zero-order chi connectivity index (χ0) is 22.9. The number of benzene rings is 2. The number of carbonyl (C=O) groups excluding carboxylic acids is 1. The topological polar surface area (TPSA) is 64.2 Å². The number of carbonyl (C=O) groups is 1.